The SMILES string of the molecule is C#Cc1ccc(C(=C)c2ccncc2)cc1. The van der Waals surface area contributed by atoms with Crippen LogP contribution >= 0.6 is 0 Å². The zero-order valence-corrected chi connectivity index (χ0v) is 8.85. The molecule has 2 rings (SSSR count). The largest absolute Gasteiger partial charge is 0.265 e. The van der Waals surface area contributed by atoms with E-state index in [0.29, 0.717) is 0 Å². The molecule has 0 unspecified atom stereocenters. The van der Waals surface area contributed by atoms with Gasteiger partial charge in [0.05, 0.1) is 0 Å². The van der Waals surface area contributed by atoms with E-state index in [1.165, 1.54) is 0 Å². The van der Waals surface area contributed by atoms with Gasteiger partial charge in [-0.2, -0.15) is 0 Å². The molecule has 0 spiro atoms. The van der Waals surface area contributed by atoms with E-state index >= 15 is 0 Å². The Morgan fingerprint density at radius 1 is 1.00 bits per heavy atom. The zero-order chi connectivity index (χ0) is 11.4. The summed E-state index contributed by atoms with van der Waals surface area (Å²) in [4.78, 5) is 3.98. The first-order valence-electron chi connectivity index (χ1n) is 4.97. The highest BCUT2D eigenvalue weighted by molar-refractivity contribution is 5.77. The maximum absolute atomic E-state index is 5.31. The quantitative estimate of drug-likeness (QED) is 0.686. The van der Waals surface area contributed by atoms with Crippen molar-refractivity contribution in [2.45, 2.75) is 0 Å². The van der Waals surface area contributed by atoms with Gasteiger partial charge in [0.25, 0.3) is 0 Å². The summed E-state index contributed by atoms with van der Waals surface area (Å²) in [6.45, 7) is 4.07. The molecule has 1 aromatic carbocycles. The van der Waals surface area contributed by atoms with Gasteiger partial charge in [0.15, 0.2) is 0 Å². The molecule has 0 bridgehead atoms. The maximum atomic E-state index is 5.31. The number of benzene rings is 1. The molecule has 76 valence electrons. The number of terminal acetylenes is 1. The summed E-state index contributed by atoms with van der Waals surface area (Å²) in [5.41, 5.74) is 4.01. The van der Waals surface area contributed by atoms with Gasteiger partial charge in [-0.1, -0.05) is 24.6 Å². The third kappa shape index (κ3) is 2.02. The number of hydrogen-bond acceptors (Lipinski definition) is 1. The summed E-state index contributed by atoms with van der Waals surface area (Å²) in [7, 11) is 0. The Morgan fingerprint density at radius 3 is 2.12 bits per heavy atom. The van der Waals surface area contributed by atoms with E-state index in [1.807, 2.05) is 36.4 Å². The summed E-state index contributed by atoms with van der Waals surface area (Å²) in [5, 5.41) is 0. The Morgan fingerprint density at radius 2 is 1.56 bits per heavy atom. The third-order valence-corrected chi connectivity index (χ3v) is 2.43. The summed E-state index contributed by atoms with van der Waals surface area (Å²) in [5.74, 6) is 2.59. The molecule has 0 fully saturated rings. The van der Waals surface area contributed by atoms with E-state index in [-0.39, 0.29) is 0 Å². The normalized spacial score (nSPS) is 9.44. The fourth-order valence-corrected chi connectivity index (χ4v) is 1.49. The standard InChI is InChI=1S/C15H11N/c1-3-13-4-6-14(7-5-13)12(2)15-8-10-16-11-9-15/h1,4-11H,2H2. The molecular formula is C15H11N. The van der Waals surface area contributed by atoms with Crippen LogP contribution in [0.1, 0.15) is 16.7 Å². The average molecular weight is 205 g/mol. The van der Waals surface area contributed by atoms with Gasteiger partial charge in [0.1, 0.15) is 0 Å². The van der Waals surface area contributed by atoms with Gasteiger partial charge in [-0.05, 0) is 41.0 Å². The highest BCUT2D eigenvalue weighted by Crippen LogP contribution is 2.20. The average Bonchev–Trinajstić information content (AvgIpc) is 2.39. The Kier molecular flexibility index (Phi) is 2.84. The molecule has 0 aliphatic heterocycles. The molecule has 0 amide bonds. The first-order valence-corrected chi connectivity index (χ1v) is 4.97. The van der Waals surface area contributed by atoms with E-state index in [2.05, 4.69) is 17.5 Å². The van der Waals surface area contributed by atoms with Crippen molar-refractivity contribution in [3.05, 3.63) is 72.1 Å². The number of pyridine rings is 1. The van der Waals surface area contributed by atoms with Crippen molar-refractivity contribution < 1.29 is 0 Å². The first kappa shape index (κ1) is 10.2. The predicted octanol–water partition coefficient (Wildman–Crippen LogP) is 3.12. The molecule has 1 heteroatoms. The minimum Gasteiger partial charge on any atom is -0.265 e. The van der Waals surface area contributed by atoms with Crippen LogP contribution in [0.5, 0.6) is 0 Å². The molecule has 1 nitrogen and oxygen atoms in total. The number of hydrogen-bond donors (Lipinski definition) is 0. The lowest BCUT2D eigenvalue weighted by atomic mass is 10.00. The first-order chi connectivity index (χ1) is 7.81. The minimum absolute atomic E-state index is 0.881. The smallest absolute Gasteiger partial charge is 0.0273 e. The topological polar surface area (TPSA) is 12.9 Å². The van der Waals surface area contributed by atoms with Crippen molar-refractivity contribution in [2.75, 3.05) is 0 Å². The van der Waals surface area contributed by atoms with Crippen LogP contribution in [0.2, 0.25) is 0 Å². The van der Waals surface area contributed by atoms with E-state index in [9.17, 15) is 0 Å². The lowest BCUT2D eigenvalue weighted by Crippen LogP contribution is -1.86. The summed E-state index contributed by atoms with van der Waals surface area (Å²) >= 11 is 0. The second-order valence-electron chi connectivity index (χ2n) is 3.44. The Balaban J connectivity index is 2.32. The van der Waals surface area contributed by atoms with E-state index in [4.69, 9.17) is 6.42 Å². The molecule has 1 heterocycles. The highest BCUT2D eigenvalue weighted by Gasteiger charge is 2.01. The van der Waals surface area contributed by atoms with Crippen LogP contribution in [0.15, 0.2) is 55.4 Å². The summed E-state index contributed by atoms with van der Waals surface area (Å²) < 4.78 is 0. The predicted molar refractivity (Wildman–Crippen MR) is 66.8 cm³/mol. The van der Waals surface area contributed by atoms with Crippen LogP contribution in [-0.4, -0.2) is 4.98 Å². The lowest BCUT2D eigenvalue weighted by molar-refractivity contribution is 1.32. The van der Waals surface area contributed by atoms with Gasteiger partial charge in [-0.15, -0.1) is 6.42 Å². The molecule has 16 heavy (non-hydrogen) atoms. The number of aromatic nitrogens is 1. The Bertz CT molecular complexity index is 530. The van der Waals surface area contributed by atoms with Crippen molar-refractivity contribution in [3.63, 3.8) is 0 Å². The molecule has 0 radical (unpaired) electrons. The molecule has 2 aromatic rings. The van der Waals surface area contributed by atoms with Crippen LogP contribution in [-0.2, 0) is 0 Å². The fourth-order valence-electron chi connectivity index (χ4n) is 1.49. The lowest BCUT2D eigenvalue weighted by Gasteiger charge is -2.05. The van der Waals surface area contributed by atoms with E-state index in [0.717, 1.165) is 22.3 Å². The van der Waals surface area contributed by atoms with Gasteiger partial charge in [0, 0.05) is 18.0 Å². The number of nitrogens with zero attached hydrogens (tertiary/aromatic N) is 1. The second-order valence-corrected chi connectivity index (χ2v) is 3.44. The molecule has 0 aliphatic rings. The van der Waals surface area contributed by atoms with Crippen LogP contribution in [0, 0.1) is 12.3 Å². The monoisotopic (exact) mass is 205 g/mol. The third-order valence-electron chi connectivity index (χ3n) is 2.43. The van der Waals surface area contributed by atoms with Crippen molar-refractivity contribution in [1.29, 1.82) is 0 Å². The van der Waals surface area contributed by atoms with Crippen LogP contribution < -0.4 is 0 Å². The second kappa shape index (κ2) is 4.46. The fraction of sp³-hybridized carbons (Fsp3) is 0. The zero-order valence-electron chi connectivity index (χ0n) is 8.85. The molecule has 1 aromatic heterocycles. The van der Waals surface area contributed by atoms with Crippen molar-refractivity contribution in [3.8, 4) is 12.3 Å². The maximum Gasteiger partial charge on any atom is 0.0273 e. The van der Waals surface area contributed by atoms with Gasteiger partial charge >= 0.3 is 0 Å². The van der Waals surface area contributed by atoms with Gasteiger partial charge in [-0.25, -0.2) is 0 Å². The molecular weight excluding hydrogens is 194 g/mol. The van der Waals surface area contributed by atoms with Crippen molar-refractivity contribution in [2.24, 2.45) is 0 Å². The van der Waals surface area contributed by atoms with Crippen LogP contribution in [0.3, 0.4) is 0 Å². The molecule has 0 saturated carbocycles. The highest BCUT2D eigenvalue weighted by atomic mass is 14.6. The van der Waals surface area contributed by atoms with Crippen molar-refractivity contribution >= 4 is 5.57 Å². The van der Waals surface area contributed by atoms with Gasteiger partial charge in [0.2, 0.25) is 0 Å². The minimum atomic E-state index is 0.881. The van der Waals surface area contributed by atoms with Crippen molar-refractivity contribution in [1.82, 2.24) is 4.98 Å². The van der Waals surface area contributed by atoms with Crippen LogP contribution in [0.4, 0.5) is 0 Å². The number of rotatable bonds is 2. The van der Waals surface area contributed by atoms with E-state index in [1.54, 1.807) is 12.4 Å². The molecule has 0 saturated heterocycles. The summed E-state index contributed by atoms with van der Waals surface area (Å²) in [6.07, 6.45) is 8.83. The van der Waals surface area contributed by atoms with E-state index < -0.39 is 0 Å². The van der Waals surface area contributed by atoms with Gasteiger partial charge in [-0.3, -0.25) is 4.98 Å². The van der Waals surface area contributed by atoms with Crippen LogP contribution in [0.25, 0.3) is 5.57 Å². The molecule has 0 N–H and O–H groups in total. The molecule has 0 aliphatic carbocycles. The Labute approximate surface area is 95.5 Å². The van der Waals surface area contributed by atoms with Gasteiger partial charge < -0.3 is 0 Å². The molecule has 0 atom stereocenters. The summed E-state index contributed by atoms with van der Waals surface area (Å²) in [6, 6.07) is 11.7. The Hall–Kier alpha value is -2.33.